The second-order valence-electron chi connectivity index (χ2n) is 10.1. The van der Waals surface area contributed by atoms with Crippen molar-refractivity contribution in [2.45, 2.75) is 24.5 Å². The van der Waals surface area contributed by atoms with Crippen LogP contribution in [0.3, 0.4) is 0 Å². The average molecular weight is 546 g/mol. The molecule has 0 unspecified atom stereocenters. The van der Waals surface area contributed by atoms with Crippen LogP contribution in [-0.4, -0.2) is 42.9 Å². The fourth-order valence-electron chi connectivity index (χ4n) is 6.38. The van der Waals surface area contributed by atoms with Gasteiger partial charge in [-0.15, -0.1) is 0 Å². The Morgan fingerprint density at radius 2 is 1.69 bits per heavy atom. The number of para-hydroxylation sites is 1. The zero-order valence-electron chi connectivity index (χ0n) is 21.6. The van der Waals surface area contributed by atoms with Gasteiger partial charge in [-0.05, 0) is 54.8 Å². The smallest absolute Gasteiger partial charge is 0.253 e. The van der Waals surface area contributed by atoms with Crippen molar-refractivity contribution in [2.24, 2.45) is 11.8 Å². The molecule has 3 aromatic carbocycles. The van der Waals surface area contributed by atoms with Crippen molar-refractivity contribution in [1.82, 2.24) is 5.32 Å². The van der Waals surface area contributed by atoms with Crippen LogP contribution in [0.25, 0.3) is 0 Å². The molecule has 3 heterocycles. The first-order valence-corrected chi connectivity index (χ1v) is 14.2. The highest BCUT2D eigenvalue weighted by atomic mass is 32.2. The van der Waals surface area contributed by atoms with Crippen LogP contribution in [0.1, 0.15) is 17.5 Å². The summed E-state index contributed by atoms with van der Waals surface area (Å²) >= 11 is 1.65. The molecule has 7 nitrogen and oxygen atoms in total. The van der Waals surface area contributed by atoms with E-state index in [1.54, 1.807) is 66.2 Å². The standard InChI is InChI=1S/C30H28FN3O4S/c1-38-20-13-11-19(12-14-20)34-27(35)25-23(15-16-39-2)32-30(26(25)28(34)36)21-8-4-6-10-24(21)33(29(30)37)17-18-7-3-5-9-22(18)31/h3-14,23,25-26,32H,15-17H2,1-2H3/t23-,25+,26+,30+/m1/s1. The first kappa shape index (κ1) is 25.6. The first-order valence-electron chi connectivity index (χ1n) is 12.9. The predicted octanol–water partition coefficient (Wildman–Crippen LogP) is 4.11. The topological polar surface area (TPSA) is 79.0 Å². The molecule has 39 heavy (non-hydrogen) atoms. The lowest BCUT2D eigenvalue weighted by atomic mass is 9.76. The van der Waals surface area contributed by atoms with Crippen LogP contribution >= 0.6 is 11.8 Å². The Kier molecular flexibility index (Phi) is 6.43. The number of imide groups is 1. The van der Waals surface area contributed by atoms with Gasteiger partial charge in [0.05, 0.1) is 31.2 Å². The zero-order valence-corrected chi connectivity index (χ0v) is 22.4. The molecule has 9 heteroatoms. The van der Waals surface area contributed by atoms with Gasteiger partial charge in [0.1, 0.15) is 17.1 Å². The Morgan fingerprint density at radius 3 is 2.41 bits per heavy atom. The number of nitrogens with zero attached hydrogens (tertiary/aromatic N) is 2. The summed E-state index contributed by atoms with van der Waals surface area (Å²) in [7, 11) is 1.55. The highest BCUT2D eigenvalue weighted by Gasteiger charge is 2.71. The lowest BCUT2D eigenvalue weighted by Crippen LogP contribution is -2.55. The maximum Gasteiger partial charge on any atom is 0.253 e. The van der Waals surface area contributed by atoms with E-state index in [1.807, 2.05) is 30.5 Å². The molecule has 200 valence electrons. The number of carbonyl (C=O) groups is 3. The molecule has 0 bridgehead atoms. The van der Waals surface area contributed by atoms with Gasteiger partial charge in [-0.2, -0.15) is 11.8 Å². The van der Waals surface area contributed by atoms with Crippen LogP contribution in [0.15, 0.2) is 72.8 Å². The minimum absolute atomic E-state index is 0.0170. The van der Waals surface area contributed by atoms with E-state index in [0.29, 0.717) is 34.7 Å². The van der Waals surface area contributed by atoms with E-state index in [1.165, 1.54) is 11.0 Å². The number of hydrogen-bond donors (Lipinski definition) is 1. The minimum Gasteiger partial charge on any atom is -0.497 e. The number of carbonyl (C=O) groups excluding carboxylic acids is 3. The number of methoxy groups -OCH3 is 1. The Bertz CT molecular complexity index is 1460. The summed E-state index contributed by atoms with van der Waals surface area (Å²) < 4.78 is 19.9. The molecule has 2 saturated heterocycles. The summed E-state index contributed by atoms with van der Waals surface area (Å²) in [6.45, 7) is 0.0170. The molecule has 0 saturated carbocycles. The SMILES string of the molecule is COc1ccc(N2C(=O)[C@@H]3[C@@H](C2=O)[C@]2(N[C@@H]3CCSC)C(=O)N(Cc3ccccc3F)c3ccccc32)cc1. The molecular formula is C30H28FN3O4S. The van der Waals surface area contributed by atoms with E-state index in [-0.39, 0.29) is 24.4 Å². The van der Waals surface area contributed by atoms with E-state index in [9.17, 15) is 18.8 Å². The summed E-state index contributed by atoms with van der Waals surface area (Å²) in [5.74, 6) is -1.75. The van der Waals surface area contributed by atoms with Gasteiger partial charge in [0.15, 0.2) is 0 Å². The van der Waals surface area contributed by atoms with Crippen LogP contribution in [-0.2, 0) is 26.5 Å². The predicted molar refractivity (Wildman–Crippen MR) is 148 cm³/mol. The molecule has 0 aromatic heterocycles. The monoisotopic (exact) mass is 545 g/mol. The molecule has 0 aliphatic carbocycles. The maximum absolute atomic E-state index is 14.7. The normalized spacial score (nSPS) is 25.5. The third kappa shape index (κ3) is 3.78. The average Bonchev–Trinajstić information content (AvgIpc) is 3.52. The van der Waals surface area contributed by atoms with Gasteiger partial charge in [0, 0.05) is 22.9 Å². The van der Waals surface area contributed by atoms with Crippen LogP contribution in [0.2, 0.25) is 0 Å². The fraction of sp³-hybridized carbons (Fsp3) is 0.300. The summed E-state index contributed by atoms with van der Waals surface area (Å²) in [5.41, 5.74) is 0.654. The van der Waals surface area contributed by atoms with Crippen molar-refractivity contribution in [2.75, 3.05) is 28.9 Å². The third-order valence-electron chi connectivity index (χ3n) is 8.12. The largest absolute Gasteiger partial charge is 0.497 e. The van der Waals surface area contributed by atoms with Crippen LogP contribution in [0, 0.1) is 17.7 Å². The number of ether oxygens (including phenoxy) is 1. The number of anilines is 2. The van der Waals surface area contributed by atoms with Crippen molar-refractivity contribution in [3.8, 4) is 5.75 Å². The summed E-state index contributed by atoms with van der Waals surface area (Å²) in [6, 6.07) is 20.0. The van der Waals surface area contributed by atoms with Gasteiger partial charge in [-0.25, -0.2) is 9.29 Å². The molecule has 4 atom stereocenters. The van der Waals surface area contributed by atoms with Crippen molar-refractivity contribution >= 4 is 40.9 Å². The molecule has 1 N–H and O–H groups in total. The highest BCUT2D eigenvalue weighted by Crippen LogP contribution is 2.55. The number of halogens is 1. The lowest BCUT2D eigenvalue weighted by Gasteiger charge is -2.30. The number of fused-ring (bicyclic) bond motifs is 4. The van der Waals surface area contributed by atoms with Crippen molar-refractivity contribution < 1.29 is 23.5 Å². The number of benzene rings is 3. The molecule has 0 radical (unpaired) electrons. The zero-order chi connectivity index (χ0) is 27.3. The Hall–Kier alpha value is -3.69. The van der Waals surface area contributed by atoms with E-state index in [0.717, 1.165) is 5.75 Å². The quantitative estimate of drug-likeness (QED) is 0.451. The first-order chi connectivity index (χ1) is 18.9. The number of nitrogens with one attached hydrogen (secondary N) is 1. The third-order valence-corrected chi connectivity index (χ3v) is 8.76. The molecule has 3 amide bonds. The minimum atomic E-state index is -1.43. The summed E-state index contributed by atoms with van der Waals surface area (Å²) in [4.78, 5) is 45.4. The highest BCUT2D eigenvalue weighted by molar-refractivity contribution is 7.98. The van der Waals surface area contributed by atoms with Crippen LogP contribution in [0.5, 0.6) is 5.75 Å². The number of amides is 3. The lowest BCUT2D eigenvalue weighted by molar-refractivity contribution is -0.132. The van der Waals surface area contributed by atoms with E-state index >= 15 is 0 Å². The van der Waals surface area contributed by atoms with Gasteiger partial charge in [-0.3, -0.25) is 19.7 Å². The van der Waals surface area contributed by atoms with Crippen molar-refractivity contribution in [3.05, 3.63) is 89.7 Å². The van der Waals surface area contributed by atoms with Crippen molar-refractivity contribution in [1.29, 1.82) is 0 Å². The Balaban J connectivity index is 1.46. The Morgan fingerprint density at radius 1 is 0.974 bits per heavy atom. The molecular weight excluding hydrogens is 517 g/mol. The molecule has 6 rings (SSSR count). The molecule has 1 spiro atoms. The number of rotatable bonds is 7. The van der Waals surface area contributed by atoms with E-state index in [2.05, 4.69) is 5.32 Å². The van der Waals surface area contributed by atoms with Gasteiger partial charge < -0.3 is 9.64 Å². The van der Waals surface area contributed by atoms with Crippen molar-refractivity contribution in [3.63, 3.8) is 0 Å². The van der Waals surface area contributed by atoms with Crippen LogP contribution < -0.4 is 19.9 Å². The second kappa shape index (κ2) is 9.81. The maximum atomic E-state index is 14.7. The van der Waals surface area contributed by atoms with Crippen LogP contribution in [0.4, 0.5) is 15.8 Å². The van der Waals surface area contributed by atoms with E-state index < -0.39 is 29.1 Å². The molecule has 3 aliphatic rings. The molecule has 3 aliphatic heterocycles. The molecule has 2 fully saturated rings. The van der Waals surface area contributed by atoms with Gasteiger partial charge in [-0.1, -0.05) is 36.4 Å². The van der Waals surface area contributed by atoms with Gasteiger partial charge in [0.25, 0.3) is 5.91 Å². The fourth-order valence-corrected chi connectivity index (χ4v) is 6.87. The Labute approximate surface area is 230 Å². The second-order valence-corrected chi connectivity index (χ2v) is 11.0. The van der Waals surface area contributed by atoms with Gasteiger partial charge >= 0.3 is 0 Å². The van der Waals surface area contributed by atoms with Gasteiger partial charge in [0.2, 0.25) is 11.8 Å². The summed E-state index contributed by atoms with van der Waals surface area (Å²) in [6.07, 6.45) is 2.60. The molecule has 3 aromatic rings. The summed E-state index contributed by atoms with van der Waals surface area (Å²) in [5, 5.41) is 3.50. The van der Waals surface area contributed by atoms with E-state index in [4.69, 9.17) is 4.74 Å². The number of hydrogen-bond acceptors (Lipinski definition) is 6. The number of thioether (sulfide) groups is 1.